The predicted octanol–water partition coefficient (Wildman–Crippen LogP) is 2.10. The van der Waals surface area contributed by atoms with Gasteiger partial charge in [0.2, 0.25) is 6.79 Å². The zero-order valence-corrected chi connectivity index (χ0v) is 21.3. The second-order valence-corrected chi connectivity index (χ2v) is 9.74. The molecular weight excluding hydrogens is 492 g/mol. The Morgan fingerprint density at radius 2 is 1.61 bits per heavy atom. The average molecular weight is 525 g/mol. The maximum Gasteiger partial charge on any atom is 0.336 e. The molecule has 0 spiro atoms. The van der Waals surface area contributed by atoms with Crippen LogP contribution in [0.1, 0.15) is 28.8 Å². The first-order valence-corrected chi connectivity index (χ1v) is 12.0. The minimum atomic E-state index is -2.74. The van der Waals surface area contributed by atoms with Crippen molar-refractivity contribution in [1.29, 1.82) is 0 Å². The molecule has 2 aromatic rings. The molecule has 0 fully saturated rings. The van der Waals surface area contributed by atoms with Crippen molar-refractivity contribution in [2.24, 2.45) is 0 Å². The Morgan fingerprint density at radius 1 is 1.00 bits per heavy atom. The smallest absolute Gasteiger partial charge is 0.336 e. The number of aliphatic carboxylic acids is 3. The standard InChI is InChI=1S/C18H24N2O2S.C6H8O7/c1-14-9-17-18(22-13-21-17)10-15(14)11-20(7-6-19(2)3)12-16-5-4-8-23-16;7-3(8)1-6(13,5(11)12)2-4(9)10/h4-5,8-10H,6-7,11-13H2,1-3H3;13H,1-2H2,(H,7,8)(H,9,10)(H,11,12). The molecule has 1 aromatic carbocycles. The van der Waals surface area contributed by atoms with E-state index >= 15 is 0 Å². The number of carboxylic acid groups (broad SMARTS) is 3. The van der Waals surface area contributed by atoms with E-state index in [-0.39, 0.29) is 0 Å². The van der Waals surface area contributed by atoms with E-state index in [1.165, 1.54) is 16.0 Å². The van der Waals surface area contributed by atoms with Gasteiger partial charge >= 0.3 is 17.9 Å². The van der Waals surface area contributed by atoms with Crippen molar-refractivity contribution in [3.63, 3.8) is 0 Å². The molecule has 0 atom stereocenters. The lowest BCUT2D eigenvalue weighted by molar-refractivity contribution is -0.170. The Balaban J connectivity index is 0.000000302. The summed E-state index contributed by atoms with van der Waals surface area (Å²) < 4.78 is 11.0. The van der Waals surface area contributed by atoms with Crippen LogP contribution in [0.3, 0.4) is 0 Å². The van der Waals surface area contributed by atoms with Crippen molar-refractivity contribution < 1.29 is 44.3 Å². The summed E-state index contributed by atoms with van der Waals surface area (Å²) in [5.41, 5.74) is -0.169. The Labute approximate surface area is 213 Å². The number of carboxylic acids is 3. The minimum Gasteiger partial charge on any atom is -0.481 e. The number of nitrogens with zero attached hydrogens (tertiary/aromatic N) is 2. The largest absolute Gasteiger partial charge is 0.481 e. The maximum absolute atomic E-state index is 10.3. The molecule has 0 saturated heterocycles. The molecule has 0 unspecified atom stereocenters. The van der Waals surface area contributed by atoms with E-state index in [1.807, 2.05) is 11.3 Å². The van der Waals surface area contributed by atoms with E-state index in [4.69, 9.17) is 29.9 Å². The number of likely N-dealkylation sites (N-methyl/N-ethyl adjacent to an activating group) is 1. The van der Waals surface area contributed by atoms with Crippen LogP contribution in [-0.4, -0.2) is 87.7 Å². The topological polar surface area (TPSA) is 157 Å². The van der Waals surface area contributed by atoms with Crippen molar-refractivity contribution in [1.82, 2.24) is 9.80 Å². The molecular formula is C24H32N2O9S. The lowest BCUT2D eigenvalue weighted by atomic mass is 9.96. The summed E-state index contributed by atoms with van der Waals surface area (Å²) in [6.45, 7) is 6.48. The van der Waals surface area contributed by atoms with Crippen LogP contribution >= 0.6 is 11.3 Å². The van der Waals surface area contributed by atoms with E-state index in [2.05, 4.69) is 60.5 Å². The van der Waals surface area contributed by atoms with Gasteiger partial charge < -0.3 is 34.8 Å². The molecule has 11 nitrogen and oxygen atoms in total. The van der Waals surface area contributed by atoms with E-state index in [1.54, 1.807) is 0 Å². The first kappa shape index (κ1) is 29.0. The van der Waals surface area contributed by atoms with Crippen molar-refractivity contribution in [3.05, 3.63) is 45.6 Å². The number of fused-ring (bicyclic) bond motifs is 1. The number of carbonyl (C=O) groups is 3. The molecule has 198 valence electrons. The van der Waals surface area contributed by atoms with E-state index in [0.29, 0.717) is 6.79 Å². The number of rotatable bonds is 12. The third-order valence-corrected chi connectivity index (χ3v) is 6.19. The number of thiophene rings is 1. The van der Waals surface area contributed by atoms with Gasteiger partial charge in [-0.15, -0.1) is 11.3 Å². The van der Waals surface area contributed by atoms with Crippen LogP contribution in [0, 0.1) is 6.92 Å². The van der Waals surface area contributed by atoms with E-state index in [0.717, 1.165) is 37.7 Å². The lowest BCUT2D eigenvalue weighted by Gasteiger charge is -2.24. The number of hydrogen-bond acceptors (Lipinski definition) is 9. The highest BCUT2D eigenvalue weighted by molar-refractivity contribution is 7.09. The first-order chi connectivity index (χ1) is 16.9. The molecule has 1 aliphatic rings. The van der Waals surface area contributed by atoms with Gasteiger partial charge in [0.05, 0.1) is 12.8 Å². The van der Waals surface area contributed by atoms with Gasteiger partial charge in [0.15, 0.2) is 17.1 Å². The number of aryl methyl sites for hydroxylation is 1. The minimum absolute atomic E-state index is 0.331. The SMILES string of the molecule is Cc1cc2c(cc1CN(CCN(C)C)Cc1cccs1)OCO2.O=C(O)CC(O)(CC(=O)O)C(=O)O. The van der Waals surface area contributed by atoms with E-state index in [9.17, 15) is 14.4 Å². The van der Waals surface area contributed by atoms with Crippen LogP contribution in [0.25, 0.3) is 0 Å². The fourth-order valence-electron chi connectivity index (χ4n) is 3.39. The van der Waals surface area contributed by atoms with Crippen molar-refractivity contribution in [2.75, 3.05) is 34.0 Å². The van der Waals surface area contributed by atoms with Gasteiger partial charge in [-0.1, -0.05) is 6.07 Å². The summed E-state index contributed by atoms with van der Waals surface area (Å²) in [4.78, 5) is 36.6. The zero-order valence-electron chi connectivity index (χ0n) is 20.5. The fraction of sp³-hybridized carbons (Fsp3) is 0.458. The van der Waals surface area contributed by atoms with Crippen LogP contribution in [-0.2, 0) is 27.5 Å². The number of hydrogen-bond donors (Lipinski definition) is 4. The second-order valence-electron chi connectivity index (χ2n) is 8.70. The molecule has 36 heavy (non-hydrogen) atoms. The quantitative estimate of drug-likeness (QED) is 0.322. The van der Waals surface area contributed by atoms with Gasteiger partial charge in [-0.2, -0.15) is 0 Å². The van der Waals surface area contributed by atoms with Crippen LogP contribution in [0.15, 0.2) is 29.6 Å². The number of benzene rings is 1. The summed E-state index contributed by atoms with van der Waals surface area (Å²) in [7, 11) is 4.24. The fourth-order valence-corrected chi connectivity index (χ4v) is 4.14. The van der Waals surface area contributed by atoms with Crippen LogP contribution in [0.5, 0.6) is 11.5 Å². The summed E-state index contributed by atoms with van der Waals surface area (Å²) in [6, 6.07) is 8.55. The molecule has 0 aliphatic carbocycles. The molecule has 0 saturated carbocycles. The van der Waals surface area contributed by atoms with E-state index < -0.39 is 36.4 Å². The third-order valence-electron chi connectivity index (χ3n) is 5.33. The molecule has 2 heterocycles. The van der Waals surface area contributed by atoms with Crippen LogP contribution < -0.4 is 9.47 Å². The maximum atomic E-state index is 10.3. The van der Waals surface area contributed by atoms with Crippen molar-refractivity contribution in [2.45, 2.75) is 38.5 Å². The highest BCUT2D eigenvalue weighted by atomic mass is 32.1. The molecule has 1 aliphatic heterocycles. The summed E-state index contributed by atoms with van der Waals surface area (Å²) in [6.07, 6.45) is -2.29. The molecule has 1 aromatic heterocycles. The van der Waals surface area contributed by atoms with Gasteiger partial charge in [0.1, 0.15) is 0 Å². The molecule has 0 bridgehead atoms. The highest BCUT2D eigenvalue weighted by Crippen LogP contribution is 2.35. The van der Waals surface area contributed by atoms with Gasteiger partial charge in [-0.25, -0.2) is 4.79 Å². The lowest BCUT2D eigenvalue weighted by Crippen LogP contribution is -2.42. The molecule has 0 radical (unpaired) electrons. The van der Waals surface area contributed by atoms with Crippen LogP contribution in [0.2, 0.25) is 0 Å². The normalized spacial score (nSPS) is 12.4. The molecule has 4 N–H and O–H groups in total. The Kier molecular flexibility index (Phi) is 10.7. The van der Waals surface area contributed by atoms with Gasteiger partial charge in [-0.05, 0) is 55.7 Å². The number of ether oxygens (including phenoxy) is 2. The Bertz CT molecular complexity index is 1020. The molecule has 3 rings (SSSR count). The predicted molar refractivity (Wildman–Crippen MR) is 131 cm³/mol. The number of aliphatic hydroxyl groups is 1. The van der Waals surface area contributed by atoms with Gasteiger partial charge in [-0.3, -0.25) is 14.5 Å². The third kappa shape index (κ3) is 9.11. The van der Waals surface area contributed by atoms with Crippen molar-refractivity contribution in [3.8, 4) is 11.5 Å². The van der Waals surface area contributed by atoms with Gasteiger partial charge in [0.25, 0.3) is 0 Å². The Hall–Kier alpha value is -3.19. The van der Waals surface area contributed by atoms with Crippen molar-refractivity contribution >= 4 is 29.2 Å². The highest BCUT2D eigenvalue weighted by Gasteiger charge is 2.40. The average Bonchev–Trinajstić information content (AvgIpc) is 3.43. The van der Waals surface area contributed by atoms with Crippen LogP contribution in [0.4, 0.5) is 0 Å². The second kappa shape index (κ2) is 13.2. The summed E-state index contributed by atoms with van der Waals surface area (Å²) >= 11 is 1.82. The monoisotopic (exact) mass is 524 g/mol. The Morgan fingerprint density at radius 3 is 2.11 bits per heavy atom. The van der Waals surface area contributed by atoms with Gasteiger partial charge in [0, 0.05) is 31.1 Å². The molecule has 12 heteroatoms. The summed E-state index contributed by atoms with van der Waals surface area (Å²) in [5, 5.41) is 36.0. The summed E-state index contributed by atoms with van der Waals surface area (Å²) in [5.74, 6) is -3.28. The first-order valence-electron chi connectivity index (χ1n) is 11.1. The molecule has 0 amide bonds. The zero-order chi connectivity index (χ0) is 26.9.